The third-order valence-electron chi connectivity index (χ3n) is 4.04. The minimum atomic E-state index is 1.12. The molecule has 0 unspecified atom stereocenters. The number of anilines is 1. The maximum atomic E-state index is 3.98. The average Bonchev–Trinajstić information content (AvgIpc) is 2.64. The van der Waals surface area contributed by atoms with E-state index in [9.17, 15) is 0 Å². The van der Waals surface area contributed by atoms with Crippen LogP contribution in [0, 0.1) is 6.92 Å². The molecule has 0 spiro atoms. The van der Waals surface area contributed by atoms with Gasteiger partial charge in [0.1, 0.15) is 0 Å². The molecule has 0 N–H and O–H groups in total. The molecule has 24 heavy (non-hydrogen) atoms. The lowest BCUT2D eigenvalue weighted by molar-refractivity contribution is 1.29. The smallest absolute Gasteiger partial charge is 0.0527 e. The zero-order chi connectivity index (χ0) is 16.8. The van der Waals surface area contributed by atoms with E-state index < -0.39 is 0 Å². The van der Waals surface area contributed by atoms with Crippen LogP contribution in [0.2, 0.25) is 0 Å². The highest BCUT2D eigenvalue weighted by molar-refractivity contribution is 5.82. The predicted molar refractivity (Wildman–Crippen MR) is 105 cm³/mol. The monoisotopic (exact) mass is 311 g/mol. The molecular weight excluding hydrogens is 290 g/mol. The van der Waals surface area contributed by atoms with E-state index in [-0.39, 0.29) is 0 Å². The standard InChI is InChI=1S/C23H21N/c1-3-24(18-17-20-12-5-4-6-13-20)23-16-10-9-15-22(23)21-14-8-7-11-19(21)2/h3-18H,1H2,2H3. The van der Waals surface area contributed by atoms with Crippen molar-refractivity contribution in [2.75, 3.05) is 4.90 Å². The fraction of sp³-hybridized carbons (Fsp3) is 0.0435. The van der Waals surface area contributed by atoms with Crippen LogP contribution in [-0.2, 0) is 0 Å². The SMILES string of the molecule is C=CN(C=Cc1ccccc1)c1ccccc1-c1ccccc1C. The molecule has 3 aromatic carbocycles. The van der Waals surface area contributed by atoms with Gasteiger partial charge in [-0.05, 0) is 35.8 Å². The fourth-order valence-corrected chi connectivity index (χ4v) is 2.77. The Kier molecular flexibility index (Phi) is 4.93. The van der Waals surface area contributed by atoms with Gasteiger partial charge in [0.05, 0.1) is 5.69 Å². The van der Waals surface area contributed by atoms with Crippen LogP contribution in [0.4, 0.5) is 5.69 Å². The van der Waals surface area contributed by atoms with Crippen LogP contribution in [0.15, 0.2) is 97.8 Å². The quantitative estimate of drug-likeness (QED) is 0.535. The zero-order valence-electron chi connectivity index (χ0n) is 13.9. The second kappa shape index (κ2) is 7.47. The van der Waals surface area contributed by atoms with Crippen LogP contribution in [-0.4, -0.2) is 0 Å². The van der Waals surface area contributed by atoms with Crippen LogP contribution in [0.1, 0.15) is 11.1 Å². The Morgan fingerprint density at radius 1 is 0.750 bits per heavy atom. The van der Waals surface area contributed by atoms with Crippen LogP contribution in [0.3, 0.4) is 0 Å². The molecular formula is C23H21N. The predicted octanol–water partition coefficient (Wildman–Crippen LogP) is 6.28. The maximum absolute atomic E-state index is 3.98. The van der Waals surface area contributed by atoms with Crippen molar-refractivity contribution in [2.24, 2.45) is 0 Å². The normalized spacial score (nSPS) is 10.7. The van der Waals surface area contributed by atoms with Gasteiger partial charge in [-0.15, -0.1) is 0 Å². The molecule has 0 amide bonds. The van der Waals surface area contributed by atoms with E-state index >= 15 is 0 Å². The van der Waals surface area contributed by atoms with Gasteiger partial charge in [-0.2, -0.15) is 0 Å². The van der Waals surface area contributed by atoms with E-state index in [1.165, 1.54) is 16.7 Å². The van der Waals surface area contributed by atoms with Gasteiger partial charge in [0, 0.05) is 18.0 Å². The molecule has 0 aromatic heterocycles. The summed E-state index contributed by atoms with van der Waals surface area (Å²) < 4.78 is 0. The third kappa shape index (κ3) is 3.47. The van der Waals surface area contributed by atoms with Crippen LogP contribution < -0.4 is 4.90 Å². The summed E-state index contributed by atoms with van der Waals surface area (Å²) in [5, 5.41) is 0. The molecule has 0 aliphatic carbocycles. The average molecular weight is 311 g/mol. The highest BCUT2D eigenvalue weighted by Crippen LogP contribution is 2.33. The molecule has 3 aromatic rings. The first-order chi connectivity index (χ1) is 11.8. The highest BCUT2D eigenvalue weighted by Gasteiger charge is 2.09. The molecule has 0 aliphatic rings. The van der Waals surface area contributed by atoms with Gasteiger partial charge < -0.3 is 4.90 Å². The van der Waals surface area contributed by atoms with E-state index in [1.54, 1.807) is 0 Å². The third-order valence-corrected chi connectivity index (χ3v) is 4.04. The Morgan fingerprint density at radius 2 is 1.38 bits per heavy atom. The molecule has 0 radical (unpaired) electrons. The fourth-order valence-electron chi connectivity index (χ4n) is 2.77. The summed E-state index contributed by atoms with van der Waals surface area (Å²) in [6, 6.07) is 27.2. The van der Waals surface area contributed by atoms with Crippen molar-refractivity contribution in [2.45, 2.75) is 6.92 Å². The summed E-state index contributed by atoms with van der Waals surface area (Å²) in [6.45, 7) is 6.12. The summed E-state index contributed by atoms with van der Waals surface area (Å²) in [5.74, 6) is 0. The van der Waals surface area contributed by atoms with Crippen molar-refractivity contribution < 1.29 is 0 Å². The summed E-state index contributed by atoms with van der Waals surface area (Å²) in [4.78, 5) is 2.06. The van der Waals surface area contributed by atoms with Crippen LogP contribution >= 0.6 is 0 Å². The van der Waals surface area contributed by atoms with Gasteiger partial charge in [0.15, 0.2) is 0 Å². The van der Waals surface area contributed by atoms with Crippen molar-refractivity contribution >= 4 is 11.8 Å². The lowest BCUT2D eigenvalue weighted by atomic mass is 9.98. The molecule has 0 fully saturated rings. The minimum absolute atomic E-state index is 1.12. The van der Waals surface area contributed by atoms with E-state index in [2.05, 4.69) is 91.3 Å². The van der Waals surface area contributed by atoms with Gasteiger partial charge in [-0.25, -0.2) is 0 Å². The first-order valence-corrected chi connectivity index (χ1v) is 8.09. The van der Waals surface area contributed by atoms with Crippen molar-refractivity contribution in [1.29, 1.82) is 0 Å². The van der Waals surface area contributed by atoms with Crippen molar-refractivity contribution in [3.63, 3.8) is 0 Å². The van der Waals surface area contributed by atoms with E-state index in [1.807, 2.05) is 24.4 Å². The van der Waals surface area contributed by atoms with Gasteiger partial charge in [-0.3, -0.25) is 0 Å². The molecule has 1 heteroatoms. The summed E-state index contributed by atoms with van der Waals surface area (Å²) in [5.41, 5.74) is 5.99. The first-order valence-electron chi connectivity index (χ1n) is 8.09. The number of nitrogens with zero attached hydrogens (tertiary/aromatic N) is 1. The number of para-hydroxylation sites is 1. The number of aryl methyl sites for hydroxylation is 1. The van der Waals surface area contributed by atoms with Crippen LogP contribution in [0.5, 0.6) is 0 Å². The molecule has 0 aliphatic heterocycles. The van der Waals surface area contributed by atoms with E-state index in [0.29, 0.717) is 0 Å². The molecule has 0 atom stereocenters. The molecule has 0 saturated heterocycles. The Labute approximate surface area is 144 Å². The van der Waals surface area contributed by atoms with Gasteiger partial charge in [0.2, 0.25) is 0 Å². The molecule has 0 heterocycles. The van der Waals surface area contributed by atoms with Crippen molar-refractivity contribution in [3.05, 3.63) is 109 Å². The number of rotatable bonds is 5. The molecule has 0 saturated carbocycles. The largest absolute Gasteiger partial charge is 0.324 e. The van der Waals surface area contributed by atoms with Crippen molar-refractivity contribution in [3.8, 4) is 11.1 Å². The summed E-state index contributed by atoms with van der Waals surface area (Å²) in [7, 11) is 0. The Bertz CT molecular complexity index is 847. The summed E-state index contributed by atoms with van der Waals surface area (Å²) >= 11 is 0. The second-order valence-corrected chi connectivity index (χ2v) is 5.65. The first kappa shape index (κ1) is 15.8. The zero-order valence-corrected chi connectivity index (χ0v) is 13.9. The second-order valence-electron chi connectivity index (χ2n) is 5.65. The number of hydrogen-bond donors (Lipinski definition) is 0. The van der Waals surface area contributed by atoms with Crippen molar-refractivity contribution in [1.82, 2.24) is 0 Å². The highest BCUT2D eigenvalue weighted by atomic mass is 15.1. The van der Waals surface area contributed by atoms with Crippen LogP contribution in [0.25, 0.3) is 17.2 Å². The minimum Gasteiger partial charge on any atom is -0.324 e. The number of benzene rings is 3. The van der Waals surface area contributed by atoms with Gasteiger partial charge >= 0.3 is 0 Å². The molecule has 3 rings (SSSR count). The Hall–Kier alpha value is -3.06. The van der Waals surface area contributed by atoms with E-state index in [4.69, 9.17) is 0 Å². The molecule has 118 valence electrons. The lowest BCUT2D eigenvalue weighted by Gasteiger charge is -2.20. The maximum Gasteiger partial charge on any atom is 0.0527 e. The van der Waals surface area contributed by atoms with Gasteiger partial charge in [0.25, 0.3) is 0 Å². The molecule has 1 nitrogen and oxygen atoms in total. The topological polar surface area (TPSA) is 3.24 Å². The molecule has 0 bridgehead atoms. The van der Waals surface area contributed by atoms with Gasteiger partial charge in [-0.1, -0.05) is 79.4 Å². The Morgan fingerprint density at radius 3 is 2.08 bits per heavy atom. The number of hydrogen-bond acceptors (Lipinski definition) is 1. The Balaban J connectivity index is 2.00. The van der Waals surface area contributed by atoms with E-state index in [0.717, 1.165) is 11.3 Å². The summed E-state index contributed by atoms with van der Waals surface area (Å²) in [6.07, 6.45) is 5.99. The lowest BCUT2D eigenvalue weighted by Crippen LogP contribution is -2.07.